The van der Waals surface area contributed by atoms with E-state index in [2.05, 4.69) is 5.32 Å². The van der Waals surface area contributed by atoms with E-state index >= 15 is 0 Å². The lowest BCUT2D eigenvalue weighted by molar-refractivity contribution is -0.119. The first-order chi connectivity index (χ1) is 8.20. The van der Waals surface area contributed by atoms with E-state index in [0.29, 0.717) is 16.9 Å². The number of nitrogens with one attached hydrogen (secondary N) is 1. The Labute approximate surface area is 104 Å². The average Bonchev–Trinajstić information content (AvgIpc) is 2.85. The molecule has 4 nitrogen and oxygen atoms in total. The van der Waals surface area contributed by atoms with Crippen molar-refractivity contribution in [2.75, 3.05) is 22.6 Å². The van der Waals surface area contributed by atoms with Gasteiger partial charge in [-0.25, -0.2) is 0 Å². The second-order valence-corrected chi connectivity index (χ2v) is 5.12. The Kier molecular flexibility index (Phi) is 3.55. The highest BCUT2D eigenvalue weighted by Crippen LogP contribution is 2.25. The van der Waals surface area contributed by atoms with Gasteiger partial charge in [0, 0.05) is 17.4 Å². The van der Waals surface area contributed by atoms with Crippen molar-refractivity contribution < 1.29 is 4.79 Å². The van der Waals surface area contributed by atoms with E-state index in [9.17, 15) is 4.79 Å². The van der Waals surface area contributed by atoms with E-state index in [-0.39, 0.29) is 11.8 Å². The standard InChI is InChI=1S/C12H13N3OS/c13-6-9-5-10(14)1-2-11(9)15-12(16)8-3-4-17-7-8/h1-2,5,8H,3-4,7,14H2,(H,15,16). The van der Waals surface area contributed by atoms with Gasteiger partial charge in [0.1, 0.15) is 6.07 Å². The van der Waals surface area contributed by atoms with Crippen LogP contribution in [0.5, 0.6) is 0 Å². The van der Waals surface area contributed by atoms with Gasteiger partial charge in [-0.15, -0.1) is 0 Å². The van der Waals surface area contributed by atoms with Crippen LogP contribution in [0, 0.1) is 17.2 Å². The summed E-state index contributed by atoms with van der Waals surface area (Å²) in [5.74, 6) is 1.95. The monoisotopic (exact) mass is 247 g/mol. The maximum absolute atomic E-state index is 11.9. The lowest BCUT2D eigenvalue weighted by Gasteiger charge is -2.11. The summed E-state index contributed by atoms with van der Waals surface area (Å²) in [5, 5.41) is 11.8. The number of hydrogen-bond donors (Lipinski definition) is 2. The quantitative estimate of drug-likeness (QED) is 0.781. The number of nitrogens with two attached hydrogens (primary N) is 1. The van der Waals surface area contributed by atoms with Crippen molar-refractivity contribution >= 4 is 29.0 Å². The molecule has 5 heteroatoms. The highest BCUT2D eigenvalue weighted by atomic mass is 32.2. The molecule has 1 aliphatic heterocycles. The second-order valence-electron chi connectivity index (χ2n) is 3.97. The Bertz CT molecular complexity index is 475. The molecule has 88 valence electrons. The summed E-state index contributed by atoms with van der Waals surface area (Å²) < 4.78 is 0. The van der Waals surface area contributed by atoms with E-state index in [1.807, 2.05) is 6.07 Å². The van der Waals surface area contributed by atoms with Crippen molar-refractivity contribution in [3.05, 3.63) is 23.8 Å². The lowest BCUT2D eigenvalue weighted by Crippen LogP contribution is -2.22. The first-order valence-electron chi connectivity index (χ1n) is 5.39. The van der Waals surface area contributed by atoms with Crippen molar-refractivity contribution in [2.24, 2.45) is 5.92 Å². The maximum atomic E-state index is 11.9. The van der Waals surface area contributed by atoms with Crippen LogP contribution < -0.4 is 11.1 Å². The minimum absolute atomic E-state index is 0.00345. The van der Waals surface area contributed by atoms with E-state index < -0.39 is 0 Å². The van der Waals surface area contributed by atoms with Gasteiger partial charge in [-0.1, -0.05) is 0 Å². The zero-order valence-corrected chi connectivity index (χ0v) is 10.1. The largest absolute Gasteiger partial charge is 0.399 e. The smallest absolute Gasteiger partial charge is 0.228 e. The third kappa shape index (κ3) is 2.71. The number of thioether (sulfide) groups is 1. The highest BCUT2D eigenvalue weighted by Gasteiger charge is 2.23. The van der Waals surface area contributed by atoms with Crippen LogP contribution in [0.15, 0.2) is 18.2 Å². The molecular weight excluding hydrogens is 234 g/mol. The highest BCUT2D eigenvalue weighted by molar-refractivity contribution is 7.99. The van der Waals surface area contributed by atoms with Crippen LogP contribution in [0.4, 0.5) is 11.4 Å². The van der Waals surface area contributed by atoms with Crippen molar-refractivity contribution in [2.45, 2.75) is 6.42 Å². The van der Waals surface area contributed by atoms with E-state index in [0.717, 1.165) is 17.9 Å². The molecule has 0 radical (unpaired) electrons. The maximum Gasteiger partial charge on any atom is 0.228 e. The number of benzene rings is 1. The molecule has 1 aromatic carbocycles. The van der Waals surface area contributed by atoms with Crippen LogP contribution in [0.3, 0.4) is 0 Å². The molecule has 1 aliphatic rings. The van der Waals surface area contributed by atoms with E-state index in [4.69, 9.17) is 11.0 Å². The normalized spacial score (nSPS) is 18.6. The molecule has 0 saturated carbocycles. The van der Waals surface area contributed by atoms with E-state index in [1.54, 1.807) is 30.0 Å². The number of carbonyl (C=O) groups is 1. The van der Waals surface area contributed by atoms with Crippen LogP contribution in [-0.2, 0) is 4.79 Å². The number of carbonyl (C=O) groups excluding carboxylic acids is 1. The van der Waals surface area contributed by atoms with Gasteiger partial charge in [0.15, 0.2) is 0 Å². The van der Waals surface area contributed by atoms with Crippen LogP contribution in [0.25, 0.3) is 0 Å². The van der Waals surface area contributed by atoms with Gasteiger partial charge < -0.3 is 11.1 Å². The molecule has 1 atom stereocenters. The van der Waals surface area contributed by atoms with Gasteiger partial charge in [-0.2, -0.15) is 17.0 Å². The van der Waals surface area contributed by atoms with E-state index in [1.165, 1.54) is 0 Å². The van der Waals surface area contributed by atoms with Gasteiger partial charge in [-0.05, 0) is 30.4 Å². The minimum atomic E-state index is -0.00345. The fourth-order valence-electron chi connectivity index (χ4n) is 1.74. The summed E-state index contributed by atoms with van der Waals surface area (Å²) in [6, 6.07) is 6.96. The molecule has 0 bridgehead atoms. The van der Waals surface area contributed by atoms with Gasteiger partial charge >= 0.3 is 0 Å². The Morgan fingerprint density at radius 1 is 1.59 bits per heavy atom. The zero-order valence-electron chi connectivity index (χ0n) is 9.27. The summed E-state index contributed by atoms with van der Waals surface area (Å²) in [4.78, 5) is 11.9. The van der Waals surface area contributed by atoms with Gasteiger partial charge in [0.25, 0.3) is 0 Å². The minimum Gasteiger partial charge on any atom is -0.399 e. The molecule has 2 rings (SSSR count). The summed E-state index contributed by atoms with van der Waals surface area (Å²) in [6.07, 6.45) is 0.910. The molecule has 3 N–H and O–H groups in total. The van der Waals surface area contributed by atoms with Gasteiger partial charge in [-0.3, -0.25) is 4.79 Å². The Morgan fingerprint density at radius 3 is 3.06 bits per heavy atom. The molecule has 1 aromatic rings. The molecule has 0 aromatic heterocycles. The van der Waals surface area contributed by atoms with Crippen LogP contribution in [0.1, 0.15) is 12.0 Å². The molecule has 17 heavy (non-hydrogen) atoms. The summed E-state index contributed by atoms with van der Waals surface area (Å²) >= 11 is 1.79. The van der Waals surface area contributed by atoms with Crippen LogP contribution >= 0.6 is 11.8 Å². The van der Waals surface area contributed by atoms with Gasteiger partial charge in [0.05, 0.1) is 11.3 Å². The molecule has 0 spiro atoms. The predicted molar refractivity (Wildman–Crippen MR) is 69.6 cm³/mol. The van der Waals surface area contributed by atoms with Crippen molar-refractivity contribution in [1.82, 2.24) is 0 Å². The topological polar surface area (TPSA) is 78.9 Å². The third-order valence-electron chi connectivity index (χ3n) is 2.72. The predicted octanol–water partition coefficient (Wildman–Crippen LogP) is 1.83. The molecule has 0 aliphatic carbocycles. The summed E-state index contributed by atoms with van der Waals surface area (Å²) in [5.41, 5.74) is 7.06. The van der Waals surface area contributed by atoms with Crippen LogP contribution in [0.2, 0.25) is 0 Å². The van der Waals surface area contributed by atoms with Crippen LogP contribution in [-0.4, -0.2) is 17.4 Å². The second kappa shape index (κ2) is 5.11. The number of anilines is 2. The number of hydrogen-bond acceptors (Lipinski definition) is 4. The third-order valence-corrected chi connectivity index (χ3v) is 3.88. The first-order valence-corrected chi connectivity index (χ1v) is 6.54. The Morgan fingerprint density at radius 2 is 2.41 bits per heavy atom. The Hall–Kier alpha value is -1.67. The van der Waals surface area contributed by atoms with Crippen molar-refractivity contribution in [3.63, 3.8) is 0 Å². The molecule has 1 fully saturated rings. The number of nitrogens with zero attached hydrogens (tertiary/aromatic N) is 1. The SMILES string of the molecule is N#Cc1cc(N)ccc1NC(=O)C1CCSC1. The molecule has 1 heterocycles. The number of amides is 1. The number of nitrogen functional groups attached to an aromatic ring is 1. The lowest BCUT2D eigenvalue weighted by atomic mass is 10.1. The fraction of sp³-hybridized carbons (Fsp3) is 0.333. The van der Waals surface area contributed by atoms with Crippen molar-refractivity contribution in [3.8, 4) is 6.07 Å². The molecule has 1 saturated heterocycles. The fourth-order valence-corrected chi connectivity index (χ4v) is 2.96. The zero-order chi connectivity index (χ0) is 12.3. The van der Waals surface area contributed by atoms with Gasteiger partial charge in [0.2, 0.25) is 5.91 Å². The average molecular weight is 247 g/mol. The van der Waals surface area contributed by atoms with Crippen molar-refractivity contribution in [1.29, 1.82) is 5.26 Å². The Balaban J connectivity index is 2.13. The molecule has 1 amide bonds. The number of rotatable bonds is 2. The molecular formula is C12H13N3OS. The molecule has 1 unspecified atom stereocenters. The first kappa shape index (κ1) is 11.8. The summed E-state index contributed by atoms with van der Waals surface area (Å²) in [7, 11) is 0. The number of nitriles is 1. The summed E-state index contributed by atoms with van der Waals surface area (Å²) in [6.45, 7) is 0.